The molecule has 162 valence electrons. The lowest BCUT2D eigenvalue weighted by atomic mass is 9.95. The molecule has 1 aliphatic heterocycles. The van der Waals surface area contributed by atoms with Crippen molar-refractivity contribution in [1.29, 1.82) is 0 Å². The third kappa shape index (κ3) is 3.69. The lowest BCUT2D eigenvalue weighted by molar-refractivity contribution is -0.145. The highest BCUT2D eigenvalue weighted by Crippen LogP contribution is 2.39. The van der Waals surface area contributed by atoms with Gasteiger partial charge in [0.15, 0.2) is 6.04 Å². The number of amides is 1. The second-order valence-electron chi connectivity index (χ2n) is 8.29. The first kappa shape index (κ1) is 20.5. The lowest BCUT2D eigenvalue weighted by Crippen LogP contribution is -2.35. The number of hydrogen-bond donors (Lipinski definition) is 2. The van der Waals surface area contributed by atoms with Crippen molar-refractivity contribution < 1.29 is 14.3 Å². The van der Waals surface area contributed by atoms with Gasteiger partial charge < -0.3 is 15.4 Å². The Morgan fingerprint density at radius 3 is 2.72 bits per heavy atom. The molecule has 5 heteroatoms. The van der Waals surface area contributed by atoms with Crippen molar-refractivity contribution in [3.63, 3.8) is 0 Å². The van der Waals surface area contributed by atoms with Gasteiger partial charge in [0.2, 0.25) is 0 Å². The molecule has 0 radical (unpaired) electrons. The molecule has 1 heterocycles. The summed E-state index contributed by atoms with van der Waals surface area (Å²) in [6.07, 6.45) is 1.77. The van der Waals surface area contributed by atoms with Gasteiger partial charge in [-0.2, -0.15) is 0 Å². The second-order valence-corrected chi connectivity index (χ2v) is 8.29. The predicted molar refractivity (Wildman–Crippen MR) is 123 cm³/mol. The highest BCUT2D eigenvalue weighted by Gasteiger charge is 2.29. The average molecular weight is 427 g/mol. The summed E-state index contributed by atoms with van der Waals surface area (Å²) in [5.74, 6) is -0.718. The van der Waals surface area contributed by atoms with Crippen LogP contribution in [0.5, 0.6) is 0 Å². The molecule has 3 aromatic rings. The first-order valence-corrected chi connectivity index (χ1v) is 11.2. The molecule has 1 unspecified atom stereocenters. The normalized spacial score (nSPS) is 14.7. The van der Waals surface area contributed by atoms with Crippen LogP contribution in [0, 0.1) is 0 Å². The summed E-state index contributed by atoms with van der Waals surface area (Å²) in [4.78, 5) is 26.3. The number of ether oxygens (including phenoxy) is 1. The van der Waals surface area contributed by atoms with Crippen molar-refractivity contribution in [2.24, 2.45) is 0 Å². The molecule has 2 aliphatic rings. The van der Waals surface area contributed by atoms with Gasteiger partial charge in [0, 0.05) is 12.1 Å². The van der Waals surface area contributed by atoms with Crippen molar-refractivity contribution in [2.45, 2.75) is 32.4 Å². The summed E-state index contributed by atoms with van der Waals surface area (Å²) >= 11 is 0. The zero-order chi connectivity index (χ0) is 22.1. The van der Waals surface area contributed by atoms with Gasteiger partial charge >= 0.3 is 5.97 Å². The summed E-state index contributed by atoms with van der Waals surface area (Å²) in [6, 6.07) is 19.1. The van der Waals surface area contributed by atoms with Crippen molar-refractivity contribution in [3.05, 3.63) is 94.0 Å². The molecule has 0 aromatic heterocycles. The molecule has 3 aromatic carbocycles. The Hall–Kier alpha value is -3.44. The topological polar surface area (TPSA) is 67.4 Å². The van der Waals surface area contributed by atoms with E-state index in [1.807, 2.05) is 36.4 Å². The molecule has 32 heavy (non-hydrogen) atoms. The number of esters is 1. The van der Waals surface area contributed by atoms with E-state index in [2.05, 4.69) is 34.9 Å². The maximum Gasteiger partial charge on any atom is 0.333 e. The van der Waals surface area contributed by atoms with E-state index >= 15 is 0 Å². The average Bonchev–Trinajstić information content (AvgIpc) is 3.21. The fraction of sp³-hybridized carbons (Fsp3) is 0.259. The van der Waals surface area contributed by atoms with E-state index in [1.54, 1.807) is 6.92 Å². The summed E-state index contributed by atoms with van der Waals surface area (Å²) < 4.78 is 5.32. The Bertz CT molecular complexity index is 1200. The van der Waals surface area contributed by atoms with Crippen LogP contribution in [0.25, 0.3) is 11.1 Å². The number of fused-ring (bicyclic) bond motifs is 4. The van der Waals surface area contributed by atoms with Crippen LogP contribution < -0.4 is 10.6 Å². The Labute approximate surface area is 187 Å². The summed E-state index contributed by atoms with van der Waals surface area (Å²) in [5, 5.41) is 6.33. The maximum absolute atomic E-state index is 13.5. The highest BCUT2D eigenvalue weighted by molar-refractivity contribution is 6.04. The minimum atomic E-state index is -0.859. The van der Waals surface area contributed by atoms with E-state index in [0.29, 0.717) is 5.56 Å². The van der Waals surface area contributed by atoms with E-state index in [-0.39, 0.29) is 12.5 Å². The van der Waals surface area contributed by atoms with Crippen LogP contribution in [-0.2, 0) is 28.9 Å². The minimum absolute atomic E-state index is 0.256. The van der Waals surface area contributed by atoms with Gasteiger partial charge in [-0.05, 0) is 71.3 Å². The van der Waals surface area contributed by atoms with Crippen LogP contribution in [0.3, 0.4) is 0 Å². The van der Waals surface area contributed by atoms with Crippen LogP contribution in [0.2, 0.25) is 0 Å². The van der Waals surface area contributed by atoms with Crippen molar-refractivity contribution in [3.8, 4) is 11.1 Å². The van der Waals surface area contributed by atoms with Gasteiger partial charge in [0.25, 0.3) is 5.91 Å². The molecule has 1 amide bonds. The fourth-order valence-corrected chi connectivity index (χ4v) is 4.77. The van der Waals surface area contributed by atoms with Gasteiger partial charge in [-0.25, -0.2) is 4.79 Å². The van der Waals surface area contributed by atoms with Crippen LogP contribution in [0.15, 0.2) is 60.7 Å². The molecule has 1 aliphatic carbocycles. The van der Waals surface area contributed by atoms with Gasteiger partial charge in [0.05, 0.1) is 6.61 Å². The van der Waals surface area contributed by atoms with Gasteiger partial charge in [-0.15, -0.1) is 0 Å². The largest absolute Gasteiger partial charge is 0.464 e. The number of carbonyl (C=O) groups excluding carboxylic acids is 2. The number of rotatable bonds is 5. The number of carbonyl (C=O) groups is 2. The van der Waals surface area contributed by atoms with Crippen LogP contribution in [0.1, 0.15) is 51.1 Å². The van der Waals surface area contributed by atoms with E-state index in [4.69, 9.17) is 4.74 Å². The standard InChI is InChI=1S/C27H26N2O3/c1-2-32-27(31)25(20-11-10-17-12-13-28-16-21(17)15-20)29-26(30)23-9-5-7-19-14-18-6-3-4-8-22(18)24(19)23/h3-11,15,25,28H,2,12-14,16H2,1H3,(H,29,30). The molecular formula is C27H26N2O3. The fourth-order valence-electron chi connectivity index (χ4n) is 4.77. The Morgan fingerprint density at radius 1 is 1.00 bits per heavy atom. The molecule has 2 N–H and O–H groups in total. The zero-order valence-corrected chi connectivity index (χ0v) is 18.1. The van der Waals surface area contributed by atoms with Gasteiger partial charge in [-0.3, -0.25) is 4.79 Å². The molecule has 0 bridgehead atoms. The van der Waals surface area contributed by atoms with Crippen molar-refractivity contribution in [2.75, 3.05) is 13.2 Å². The lowest BCUT2D eigenvalue weighted by Gasteiger charge is -2.22. The SMILES string of the molecule is CCOC(=O)C(NC(=O)c1cccc2c1-c1ccccc1C2)c1ccc2c(c1)CNCC2. The monoisotopic (exact) mass is 426 g/mol. The van der Waals surface area contributed by atoms with Crippen molar-refractivity contribution in [1.82, 2.24) is 10.6 Å². The number of hydrogen-bond acceptors (Lipinski definition) is 4. The number of nitrogens with one attached hydrogen (secondary N) is 2. The van der Waals surface area contributed by atoms with Gasteiger partial charge in [-0.1, -0.05) is 54.6 Å². The highest BCUT2D eigenvalue weighted by atomic mass is 16.5. The van der Waals surface area contributed by atoms with Crippen LogP contribution in [0.4, 0.5) is 0 Å². The third-order valence-electron chi connectivity index (χ3n) is 6.31. The molecule has 1 atom stereocenters. The molecule has 0 fully saturated rings. The molecule has 0 spiro atoms. The molecule has 5 nitrogen and oxygen atoms in total. The quantitative estimate of drug-likeness (QED) is 0.475. The smallest absolute Gasteiger partial charge is 0.333 e. The molecular weight excluding hydrogens is 400 g/mol. The Balaban J connectivity index is 1.49. The summed E-state index contributed by atoms with van der Waals surface area (Å²) in [5.41, 5.74) is 8.15. The first-order valence-electron chi connectivity index (χ1n) is 11.2. The Morgan fingerprint density at radius 2 is 1.84 bits per heavy atom. The summed E-state index contributed by atoms with van der Waals surface area (Å²) in [6.45, 7) is 3.74. The predicted octanol–water partition coefficient (Wildman–Crippen LogP) is 3.94. The van der Waals surface area contributed by atoms with Gasteiger partial charge in [0.1, 0.15) is 0 Å². The first-order chi connectivity index (χ1) is 15.7. The Kier molecular flexibility index (Phi) is 5.50. The van der Waals surface area contributed by atoms with E-state index in [0.717, 1.165) is 53.7 Å². The van der Waals surface area contributed by atoms with Crippen molar-refractivity contribution >= 4 is 11.9 Å². The zero-order valence-electron chi connectivity index (χ0n) is 18.1. The maximum atomic E-state index is 13.5. The third-order valence-corrected chi connectivity index (χ3v) is 6.31. The van der Waals surface area contributed by atoms with Crippen LogP contribution in [-0.4, -0.2) is 25.0 Å². The van der Waals surface area contributed by atoms with Crippen LogP contribution >= 0.6 is 0 Å². The molecule has 0 saturated carbocycles. The second kappa shape index (κ2) is 8.60. The molecule has 5 rings (SSSR count). The summed E-state index contributed by atoms with van der Waals surface area (Å²) in [7, 11) is 0. The molecule has 0 saturated heterocycles. The minimum Gasteiger partial charge on any atom is -0.464 e. The number of benzene rings is 3. The van der Waals surface area contributed by atoms with E-state index < -0.39 is 12.0 Å². The van der Waals surface area contributed by atoms with E-state index in [1.165, 1.54) is 11.1 Å². The van der Waals surface area contributed by atoms with E-state index in [9.17, 15) is 9.59 Å².